The molecule has 0 atom stereocenters. The summed E-state index contributed by atoms with van der Waals surface area (Å²) in [6.07, 6.45) is 4.65. The molecule has 1 aliphatic carbocycles. The van der Waals surface area contributed by atoms with Crippen molar-refractivity contribution < 1.29 is 8.42 Å². The van der Waals surface area contributed by atoms with Crippen LogP contribution in [0.3, 0.4) is 0 Å². The van der Waals surface area contributed by atoms with Crippen LogP contribution < -0.4 is 15.8 Å². The van der Waals surface area contributed by atoms with Crippen LogP contribution in [-0.2, 0) is 16.4 Å². The van der Waals surface area contributed by atoms with Gasteiger partial charge in [0, 0.05) is 12.6 Å². The number of nitrogens with two attached hydrogens (primary N) is 1. The second kappa shape index (κ2) is 6.47. The highest BCUT2D eigenvalue weighted by atomic mass is 32.2. The van der Waals surface area contributed by atoms with Gasteiger partial charge in [-0.05, 0) is 37.0 Å². The maximum absolute atomic E-state index is 11.2. The molecule has 0 unspecified atom stereocenters. The highest BCUT2D eigenvalue weighted by molar-refractivity contribution is 7.89. The summed E-state index contributed by atoms with van der Waals surface area (Å²) in [5.74, 6) is 1.19. The lowest BCUT2D eigenvalue weighted by Crippen LogP contribution is -2.13. The number of benzene rings is 1. The van der Waals surface area contributed by atoms with E-state index < -0.39 is 10.0 Å². The van der Waals surface area contributed by atoms with Gasteiger partial charge in [0.15, 0.2) is 5.82 Å². The third kappa shape index (κ3) is 4.60. The number of primary sulfonamides is 1. The van der Waals surface area contributed by atoms with Gasteiger partial charge < -0.3 is 10.6 Å². The Bertz CT molecular complexity index is 774. The number of rotatable bonds is 7. The monoisotopic (exact) mass is 334 g/mol. The Balaban J connectivity index is 1.52. The Morgan fingerprint density at radius 3 is 2.61 bits per heavy atom. The van der Waals surface area contributed by atoms with E-state index in [0.717, 1.165) is 11.4 Å². The number of hydrogen-bond acceptors (Lipinski definition) is 7. The second-order valence-electron chi connectivity index (χ2n) is 5.45. The molecule has 2 aromatic rings. The molecule has 9 heteroatoms. The molecule has 0 radical (unpaired) electrons. The van der Waals surface area contributed by atoms with Gasteiger partial charge in [-0.2, -0.15) is 10.1 Å². The largest absolute Gasteiger partial charge is 0.366 e. The first kappa shape index (κ1) is 15.6. The molecule has 0 saturated heterocycles. The zero-order valence-corrected chi connectivity index (χ0v) is 13.3. The van der Waals surface area contributed by atoms with E-state index in [1.54, 1.807) is 18.3 Å². The fraction of sp³-hybridized carbons (Fsp3) is 0.357. The highest BCUT2D eigenvalue weighted by Crippen LogP contribution is 2.23. The molecular weight excluding hydrogens is 316 g/mol. The molecule has 122 valence electrons. The Morgan fingerprint density at radius 2 is 1.96 bits per heavy atom. The minimum absolute atomic E-state index is 0.112. The summed E-state index contributed by atoms with van der Waals surface area (Å²) >= 11 is 0. The van der Waals surface area contributed by atoms with Crippen LogP contribution in [0.1, 0.15) is 18.4 Å². The summed E-state index contributed by atoms with van der Waals surface area (Å²) in [6.45, 7) is 0.614. The minimum atomic E-state index is -3.64. The van der Waals surface area contributed by atoms with E-state index >= 15 is 0 Å². The molecule has 1 aliphatic rings. The van der Waals surface area contributed by atoms with E-state index in [-0.39, 0.29) is 4.90 Å². The zero-order chi connectivity index (χ0) is 16.3. The number of nitrogens with one attached hydrogen (secondary N) is 2. The summed E-state index contributed by atoms with van der Waals surface area (Å²) in [5.41, 5.74) is 0.991. The van der Waals surface area contributed by atoms with Crippen molar-refractivity contribution in [3.05, 3.63) is 36.0 Å². The molecule has 1 saturated carbocycles. The first-order valence-electron chi connectivity index (χ1n) is 7.32. The van der Waals surface area contributed by atoms with Gasteiger partial charge >= 0.3 is 0 Å². The molecule has 0 aliphatic heterocycles. The van der Waals surface area contributed by atoms with Crippen LogP contribution >= 0.6 is 0 Å². The first-order valence-corrected chi connectivity index (χ1v) is 8.87. The minimum Gasteiger partial charge on any atom is -0.366 e. The van der Waals surface area contributed by atoms with Crippen molar-refractivity contribution >= 4 is 21.8 Å². The van der Waals surface area contributed by atoms with Crippen LogP contribution in [0.15, 0.2) is 35.4 Å². The molecule has 4 N–H and O–H groups in total. The number of sulfonamides is 1. The first-order chi connectivity index (χ1) is 11.0. The lowest BCUT2D eigenvalue weighted by Gasteiger charge is -2.07. The van der Waals surface area contributed by atoms with Crippen molar-refractivity contribution in [1.82, 2.24) is 15.2 Å². The molecule has 1 aromatic heterocycles. The van der Waals surface area contributed by atoms with Gasteiger partial charge in [0.05, 0.1) is 11.1 Å². The summed E-state index contributed by atoms with van der Waals surface area (Å²) in [6, 6.07) is 7.00. The summed E-state index contributed by atoms with van der Waals surface area (Å²) < 4.78 is 22.4. The zero-order valence-electron chi connectivity index (χ0n) is 12.4. The Labute approximate surface area is 134 Å². The summed E-state index contributed by atoms with van der Waals surface area (Å²) in [5, 5.41) is 19.3. The molecule has 1 aromatic carbocycles. The van der Waals surface area contributed by atoms with E-state index in [1.165, 1.54) is 25.0 Å². The summed E-state index contributed by atoms with van der Waals surface area (Å²) in [7, 11) is -3.64. The average Bonchev–Trinajstić information content (AvgIpc) is 3.31. The third-order valence-corrected chi connectivity index (χ3v) is 4.37. The van der Waals surface area contributed by atoms with Crippen molar-refractivity contribution in [3.63, 3.8) is 0 Å². The topological polar surface area (TPSA) is 123 Å². The second-order valence-corrected chi connectivity index (χ2v) is 7.01. The quantitative estimate of drug-likeness (QED) is 0.682. The molecular formula is C14H18N6O2S. The number of anilines is 2. The molecule has 3 rings (SSSR count). The predicted molar refractivity (Wildman–Crippen MR) is 86.5 cm³/mol. The van der Waals surface area contributed by atoms with E-state index in [4.69, 9.17) is 5.14 Å². The Morgan fingerprint density at radius 1 is 1.22 bits per heavy atom. The molecule has 23 heavy (non-hydrogen) atoms. The van der Waals surface area contributed by atoms with Crippen LogP contribution in [0.5, 0.6) is 0 Å². The van der Waals surface area contributed by atoms with Crippen molar-refractivity contribution in [2.75, 3.05) is 17.2 Å². The maximum Gasteiger partial charge on any atom is 0.244 e. The van der Waals surface area contributed by atoms with Gasteiger partial charge in [-0.15, -0.1) is 5.10 Å². The van der Waals surface area contributed by atoms with Gasteiger partial charge in [0.2, 0.25) is 16.0 Å². The fourth-order valence-electron chi connectivity index (χ4n) is 2.05. The van der Waals surface area contributed by atoms with Gasteiger partial charge in [0.1, 0.15) is 0 Å². The van der Waals surface area contributed by atoms with Crippen molar-refractivity contribution in [1.29, 1.82) is 0 Å². The van der Waals surface area contributed by atoms with Gasteiger partial charge in [0.25, 0.3) is 0 Å². The fourth-order valence-corrected chi connectivity index (χ4v) is 2.56. The Hall–Kier alpha value is -2.26. The SMILES string of the molecule is NS(=O)(=O)c1ccc(CCNc2nncc(NC3CC3)n2)cc1. The number of hydrogen-bond donors (Lipinski definition) is 3. The van der Waals surface area contributed by atoms with E-state index in [2.05, 4.69) is 25.8 Å². The molecule has 0 amide bonds. The van der Waals surface area contributed by atoms with Crippen molar-refractivity contribution in [3.8, 4) is 0 Å². The average molecular weight is 334 g/mol. The normalized spacial score (nSPS) is 14.5. The van der Waals surface area contributed by atoms with Crippen LogP contribution in [0.25, 0.3) is 0 Å². The maximum atomic E-state index is 11.2. The third-order valence-electron chi connectivity index (χ3n) is 3.44. The predicted octanol–water partition coefficient (Wildman–Crippen LogP) is 0.748. The Kier molecular flexibility index (Phi) is 4.39. The lowest BCUT2D eigenvalue weighted by molar-refractivity contribution is 0.598. The van der Waals surface area contributed by atoms with Crippen molar-refractivity contribution in [2.45, 2.75) is 30.2 Å². The van der Waals surface area contributed by atoms with Crippen LogP contribution in [0, 0.1) is 0 Å². The van der Waals surface area contributed by atoms with Crippen LogP contribution in [-0.4, -0.2) is 36.2 Å². The van der Waals surface area contributed by atoms with Gasteiger partial charge in [-0.3, -0.25) is 0 Å². The molecule has 8 nitrogen and oxygen atoms in total. The van der Waals surface area contributed by atoms with Crippen molar-refractivity contribution in [2.24, 2.45) is 5.14 Å². The van der Waals surface area contributed by atoms with E-state index in [0.29, 0.717) is 25.0 Å². The smallest absolute Gasteiger partial charge is 0.244 e. The van der Waals surface area contributed by atoms with Crippen LogP contribution in [0.4, 0.5) is 11.8 Å². The lowest BCUT2D eigenvalue weighted by atomic mass is 10.1. The van der Waals surface area contributed by atoms with E-state index in [9.17, 15) is 8.42 Å². The number of nitrogens with zero attached hydrogens (tertiary/aromatic N) is 3. The molecule has 1 fully saturated rings. The summed E-state index contributed by atoms with van der Waals surface area (Å²) in [4.78, 5) is 4.45. The standard InChI is InChI=1S/C14H18N6O2S/c15-23(21,22)12-5-1-10(2-6-12)7-8-16-14-19-13(9-17-20-14)18-11-3-4-11/h1-2,5-6,9,11H,3-4,7-8H2,(H2,15,21,22)(H2,16,18,19,20). The van der Waals surface area contributed by atoms with Gasteiger partial charge in [-0.1, -0.05) is 12.1 Å². The number of aromatic nitrogens is 3. The van der Waals surface area contributed by atoms with Gasteiger partial charge in [-0.25, -0.2) is 13.6 Å². The molecule has 0 spiro atoms. The highest BCUT2D eigenvalue weighted by Gasteiger charge is 2.21. The molecule has 1 heterocycles. The van der Waals surface area contributed by atoms with E-state index in [1.807, 2.05) is 0 Å². The molecule has 0 bridgehead atoms. The van der Waals surface area contributed by atoms with Crippen LogP contribution in [0.2, 0.25) is 0 Å².